The summed E-state index contributed by atoms with van der Waals surface area (Å²) < 4.78 is 1.48. The molecule has 0 aliphatic heterocycles. The third-order valence-electron chi connectivity index (χ3n) is 3.18. The van der Waals surface area contributed by atoms with Gasteiger partial charge in [0, 0.05) is 5.69 Å². The van der Waals surface area contributed by atoms with Crippen LogP contribution in [-0.4, -0.2) is 25.7 Å². The molecule has 6 nitrogen and oxygen atoms in total. The molecular weight excluding hydrogens is 230 g/mol. The van der Waals surface area contributed by atoms with Gasteiger partial charge in [-0.25, -0.2) is 14.6 Å². The Kier molecular flexibility index (Phi) is 2.55. The number of pyridine rings is 1. The maximum absolute atomic E-state index is 11.5. The summed E-state index contributed by atoms with van der Waals surface area (Å²) in [5.41, 5.74) is 7.98. The molecular formula is C12H13N5O. The monoisotopic (exact) mass is 243 g/mol. The minimum absolute atomic E-state index is 0.404. The van der Waals surface area contributed by atoms with E-state index in [2.05, 4.69) is 15.1 Å². The number of aromatic nitrogens is 4. The van der Waals surface area contributed by atoms with Gasteiger partial charge in [-0.3, -0.25) is 4.79 Å². The van der Waals surface area contributed by atoms with Crippen molar-refractivity contribution >= 4 is 5.91 Å². The Bertz CT molecular complexity index is 591. The molecule has 0 fully saturated rings. The van der Waals surface area contributed by atoms with Crippen molar-refractivity contribution in [2.45, 2.75) is 25.7 Å². The summed E-state index contributed by atoms with van der Waals surface area (Å²) in [5.74, 6) is -0.0120. The van der Waals surface area contributed by atoms with Crippen LogP contribution in [0.1, 0.15) is 34.5 Å². The first-order chi connectivity index (χ1) is 8.75. The first kappa shape index (κ1) is 10.9. The van der Waals surface area contributed by atoms with Crippen molar-refractivity contribution in [2.75, 3.05) is 0 Å². The van der Waals surface area contributed by atoms with Gasteiger partial charge < -0.3 is 5.73 Å². The lowest BCUT2D eigenvalue weighted by Crippen LogP contribution is -2.19. The number of aryl methyl sites for hydroxylation is 2. The molecule has 2 aromatic rings. The van der Waals surface area contributed by atoms with Crippen LogP contribution in [0.4, 0.5) is 0 Å². The van der Waals surface area contributed by atoms with Crippen LogP contribution in [0.5, 0.6) is 0 Å². The van der Waals surface area contributed by atoms with E-state index in [0.717, 1.165) is 36.9 Å². The predicted molar refractivity (Wildman–Crippen MR) is 64.3 cm³/mol. The minimum Gasteiger partial charge on any atom is -0.365 e. The maximum atomic E-state index is 11.5. The van der Waals surface area contributed by atoms with Crippen molar-refractivity contribution < 1.29 is 4.79 Å². The number of nitrogens with two attached hydrogens (primary N) is 1. The van der Waals surface area contributed by atoms with Gasteiger partial charge in [0.1, 0.15) is 12.7 Å². The van der Waals surface area contributed by atoms with Gasteiger partial charge in [-0.15, -0.1) is 0 Å². The van der Waals surface area contributed by atoms with Gasteiger partial charge in [0.15, 0.2) is 5.82 Å². The molecule has 0 saturated carbocycles. The summed E-state index contributed by atoms with van der Waals surface area (Å²) in [7, 11) is 0. The fraction of sp³-hybridized carbons (Fsp3) is 0.333. The lowest BCUT2D eigenvalue weighted by Gasteiger charge is -2.17. The highest BCUT2D eigenvalue weighted by molar-refractivity contribution is 5.96. The smallest absolute Gasteiger partial charge is 0.252 e. The number of carbonyl (C=O) groups is 1. The molecule has 6 heteroatoms. The second kappa shape index (κ2) is 4.21. The van der Waals surface area contributed by atoms with Crippen LogP contribution in [0.15, 0.2) is 18.7 Å². The van der Waals surface area contributed by atoms with Gasteiger partial charge >= 0.3 is 0 Å². The molecule has 0 radical (unpaired) electrons. The van der Waals surface area contributed by atoms with E-state index >= 15 is 0 Å². The number of amides is 1. The fourth-order valence-corrected chi connectivity index (χ4v) is 2.30. The Morgan fingerprint density at radius 1 is 1.33 bits per heavy atom. The van der Waals surface area contributed by atoms with E-state index in [9.17, 15) is 4.79 Å². The molecule has 1 aliphatic rings. The van der Waals surface area contributed by atoms with Crippen LogP contribution in [0.3, 0.4) is 0 Å². The van der Waals surface area contributed by atoms with Crippen molar-refractivity contribution in [3.05, 3.63) is 35.5 Å². The molecule has 0 spiro atoms. The van der Waals surface area contributed by atoms with Crippen molar-refractivity contribution in [2.24, 2.45) is 5.73 Å². The van der Waals surface area contributed by atoms with Gasteiger partial charge in [0.25, 0.3) is 5.91 Å². The highest BCUT2D eigenvalue weighted by Crippen LogP contribution is 2.23. The van der Waals surface area contributed by atoms with Gasteiger partial charge in [0.05, 0.1) is 5.56 Å². The van der Waals surface area contributed by atoms with Gasteiger partial charge in [-0.2, -0.15) is 5.10 Å². The zero-order valence-electron chi connectivity index (χ0n) is 9.83. The zero-order valence-corrected chi connectivity index (χ0v) is 9.83. The number of fused-ring (bicyclic) bond motifs is 1. The topological polar surface area (TPSA) is 86.7 Å². The Morgan fingerprint density at radius 3 is 2.89 bits per heavy atom. The molecule has 0 saturated heterocycles. The molecule has 0 aromatic carbocycles. The summed E-state index contributed by atoms with van der Waals surface area (Å²) in [5, 5.41) is 4.01. The second-order valence-corrected chi connectivity index (χ2v) is 4.38. The Balaban J connectivity index is 2.19. The molecule has 18 heavy (non-hydrogen) atoms. The highest BCUT2D eigenvalue weighted by Gasteiger charge is 2.19. The standard InChI is InChI=1S/C12H13N5O/c13-11(18)9-5-8-3-1-2-4-10(8)16-12(9)17-7-14-6-15-17/h5-7H,1-4H2,(H2,13,18). The van der Waals surface area contributed by atoms with Crippen molar-refractivity contribution in [1.82, 2.24) is 19.7 Å². The molecule has 1 amide bonds. The molecule has 2 N–H and O–H groups in total. The SMILES string of the molecule is NC(=O)c1cc2c(nc1-n1cncn1)CCCC2. The summed E-state index contributed by atoms with van der Waals surface area (Å²) in [6, 6.07) is 1.85. The molecule has 3 rings (SSSR count). The summed E-state index contributed by atoms with van der Waals surface area (Å²) in [6.07, 6.45) is 7.09. The first-order valence-corrected chi connectivity index (χ1v) is 5.93. The summed E-state index contributed by atoms with van der Waals surface area (Å²) >= 11 is 0. The molecule has 2 aromatic heterocycles. The lowest BCUT2D eigenvalue weighted by atomic mass is 9.94. The van der Waals surface area contributed by atoms with E-state index in [1.165, 1.54) is 17.3 Å². The van der Waals surface area contributed by atoms with Crippen molar-refractivity contribution in [3.8, 4) is 5.82 Å². The van der Waals surface area contributed by atoms with Crippen LogP contribution in [0.25, 0.3) is 5.82 Å². The van der Waals surface area contributed by atoms with E-state index in [0.29, 0.717) is 11.4 Å². The van der Waals surface area contributed by atoms with Crippen LogP contribution < -0.4 is 5.73 Å². The van der Waals surface area contributed by atoms with Crippen LogP contribution in [-0.2, 0) is 12.8 Å². The Morgan fingerprint density at radius 2 is 2.17 bits per heavy atom. The number of nitrogens with zero attached hydrogens (tertiary/aromatic N) is 4. The molecule has 0 atom stereocenters. The van der Waals surface area contributed by atoms with Crippen LogP contribution in [0, 0.1) is 0 Å². The number of carbonyl (C=O) groups excluding carboxylic acids is 1. The minimum atomic E-state index is -0.485. The molecule has 0 unspecified atom stereocenters. The molecule has 0 bridgehead atoms. The number of hydrogen-bond donors (Lipinski definition) is 1. The lowest BCUT2D eigenvalue weighted by molar-refractivity contribution is 0.0999. The Labute approximate surface area is 104 Å². The van der Waals surface area contributed by atoms with E-state index in [-0.39, 0.29) is 0 Å². The van der Waals surface area contributed by atoms with E-state index in [1.807, 2.05) is 6.07 Å². The number of rotatable bonds is 2. The first-order valence-electron chi connectivity index (χ1n) is 5.93. The largest absolute Gasteiger partial charge is 0.365 e. The zero-order chi connectivity index (χ0) is 12.5. The average Bonchev–Trinajstić information content (AvgIpc) is 2.91. The third-order valence-corrected chi connectivity index (χ3v) is 3.18. The quantitative estimate of drug-likeness (QED) is 0.838. The van der Waals surface area contributed by atoms with Crippen molar-refractivity contribution in [3.63, 3.8) is 0 Å². The molecule has 92 valence electrons. The average molecular weight is 243 g/mol. The maximum Gasteiger partial charge on any atom is 0.252 e. The van der Waals surface area contributed by atoms with E-state index < -0.39 is 5.91 Å². The number of hydrogen-bond acceptors (Lipinski definition) is 4. The fourth-order valence-electron chi connectivity index (χ4n) is 2.30. The van der Waals surface area contributed by atoms with E-state index in [4.69, 9.17) is 5.73 Å². The van der Waals surface area contributed by atoms with Gasteiger partial charge in [-0.05, 0) is 37.3 Å². The van der Waals surface area contributed by atoms with Crippen LogP contribution in [0.2, 0.25) is 0 Å². The van der Waals surface area contributed by atoms with Gasteiger partial charge in [-0.1, -0.05) is 0 Å². The van der Waals surface area contributed by atoms with E-state index in [1.54, 1.807) is 0 Å². The summed E-state index contributed by atoms with van der Waals surface area (Å²) in [6.45, 7) is 0. The molecule has 1 aliphatic carbocycles. The normalized spacial score (nSPS) is 14.2. The van der Waals surface area contributed by atoms with Crippen LogP contribution >= 0.6 is 0 Å². The second-order valence-electron chi connectivity index (χ2n) is 4.38. The van der Waals surface area contributed by atoms with Crippen molar-refractivity contribution in [1.29, 1.82) is 0 Å². The predicted octanol–water partition coefficient (Wildman–Crippen LogP) is 0.640. The number of primary amides is 1. The molecule has 2 heterocycles. The summed E-state index contributed by atoms with van der Waals surface area (Å²) in [4.78, 5) is 19.9. The Hall–Kier alpha value is -2.24. The third kappa shape index (κ3) is 1.75. The highest BCUT2D eigenvalue weighted by atomic mass is 16.1. The van der Waals surface area contributed by atoms with Gasteiger partial charge in [0.2, 0.25) is 0 Å².